The third kappa shape index (κ3) is 3.35. The molecule has 0 saturated carbocycles. The van der Waals surface area contributed by atoms with Crippen LogP contribution in [0.25, 0.3) is 0 Å². The second-order valence-electron chi connectivity index (χ2n) is 4.10. The molecule has 0 heterocycles. The van der Waals surface area contributed by atoms with Gasteiger partial charge >= 0.3 is 0 Å². The molecule has 0 unspecified atom stereocenters. The van der Waals surface area contributed by atoms with E-state index in [1.54, 1.807) is 0 Å². The molecule has 0 bridgehead atoms. The zero-order valence-electron chi connectivity index (χ0n) is 10.3. The minimum atomic E-state index is 0.391. The van der Waals surface area contributed by atoms with Crippen molar-refractivity contribution in [1.29, 1.82) is 0 Å². The second kappa shape index (κ2) is 5.87. The van der Waals surface area contributed by atoms with Crippen molar-refractivity contribution in [2.45, 2.75) is 13.5 Å². The Morgan fingerprint density at radius 3 is 2.39 bits per heavy atom. The zero-order chi connectivity index (χ0) is 12.8. The smallest absolute Gasteiger partial charge is 0.170 e. The lowest BCUT2D eigenvalue weighted by Gasteiger charge is -2.03. The highest BCUT2D eigenvalue weighted by Gasteiger charge is 1.97. The molecule has 2 rings (SSSR count). The predicted molar refractivity (Wildman–Crippen MR) is 73.1 cm³/mol. The van der Waals surface area contributed by atoms with Gasteiger partial charge in [-0.3, -0.25) is 0 Å². The number of benzene rings is 2. The minimum absolute atomic E-state index is 0.391. The summed E-state index contributed by atoms with van der Waals surface area (Å²) >= 11 is 0. The lowest BCUT2D eigenvalue weighted by atomic mass is 10.2. The summed E-state index contributed by atoms with van der Waals surface area (Å²) in [5.41, 5.74) is 8.97. The van der Waals surface area contributed by atoms with E-state index in [1.165, 1.54) is 5.56 Å². The van der Waals surface area contributed by atoms with Gasteiger partial charge in [0, 0.05) is 5.56 Å². The van der Waals surface area contributed by atoms with Crippen molar-refractivity contribution < 1.29 is 4.84 Å². The standard InChI is InChI=1S/C15H16N2O/c1-12-7-9-13(10-8-12)11-18-17-15(16)14-5-3-2-4-6-14/h2-10H,11H2,1H3,(H2,16,17). The van der Waals surface area contributed by atoms with E-state index in [9.17, 15) is 0 Å². The van der Waals surface area contributed by atoms with Crippen LogP contribution < -0.4 is 5.73 Å². The number of nitrogens with zero attached hydrogens (tertiary/aromatic N) is 1. The molecule has 0 saturated heterocycles. The molecule has 0 fully saturated rings. The fourth-order valence-corrected chi connectivity index (χ4v) is 1.52. The molecule has 0 aliphatic rings. The fourth-order valence-electron chi connectivity index (χ4n) is 1.52. The number of hydrogen-bond donors (Lipinski definition) is 1. The molecule has 2 N–H and O–H groups in total. The molecule has 0 atom stereocenters. The number of oxime groups is 1. The highest BCUT2D eigenvalue weighted by molar-refractivity contribution is 5.96. The molecular formula is C15H16N2O. The Hall–Kier alpha value is -2.29. The molecule has 0 radical (unpaired) electrons. The van der Waals surface area contributed by atoms with Gasteiger partial charge in [-0.1, -0.05) is 65.3 Å². The summed E-state index contributed by atoms with van der Waals surface area (Å²) in [5, 5.41) is 3.91. The maximum atomic E-state index is 5.81. The van der Waals surface area contributed by atoms with E-state index >= 15 is 0 Å². The van der Waals surface area contributed by atoms with Gasteiger partial charge in [0.05, 0.1) is 0 Å². The van der Waals surface area contributed by atoms with Crippen LogP contribution in [0, 0.1) is 6.92 Å². The summed E-state index contributed by atoms with van der Waals surface area (Å²) in [7, 11) is 0. The van der Waals surface area contributed by atoms with E-state index in [4.69, 9.17) is 10.6 Å². The van der Waals surface area contributed by atoms with E-state index in [-0.39, 0.29) is 0 Å². The summed E-state index contributed by atoms with van der Waals surface area (Å²) in [6.45, 7) is 2.48. The molecule has 18 heavy (non-hydrogen) atoms. The van der Waals surface area contributed by atoms with Gasteiger partial charge in [-0.25, -0.2) is 0 Å². The minimum Gasteiger partial charge on any atom is -0.389 e. The van der Waals surface area contributed by atoms with E-state index in [2.05, 4.69) is 12.1 Å². The molecule has 3 nitrogen and oxygen atoms in total. The van der Waals surface area contributed by atoms with Gasteiger partial charge in [0.2, 0.25) is 0 Å². The van der Waals surface area contributed by atoms with Crippen molar-refractivity contribution in [3.05, 3.63) is 71.3 Å². The third-order valence-electron chi connectivity index (χ3n) is 2.58. The first kappa shape index (κ1) is 12.2. The summed E-state index contributed by atoms with van der Waals surface area (Å²) in [5.74, 6) is 0.391. The molecule has 0 spiro atoms. The van der Waals surface area contributed by atoms with Crippen molar-refractivity contribution >= 4 is 5.84 Å². The Morgan fingerprint density at radius 1 is 1.06 bits per heavy atom. The number of rotatable bonds is 4. The van der Waals surface area contributed by atoms with Crippen LogP contribution >= 0.6 is 0 Å². The van der Waals surface area contributed by atoms with E-state index in [0.29, 0.717) is 12.4 Å². The Balaban J connectivity index is 1.93. The van der Waals surface area contributed by atoms with Crippen LogP contribution in [0.1, 0.15) is 16.7 Å². The van der Waals surface area contributed by atoms with Crippen molar-refractivity contribution in [3.63, 3.8) is 0 Å². The van der Waals surface area contributed by atoms with Crippen LogP contribution in [0.15, 0.2) is 59.8 Å². The number of nitrogens with two attached hydrogens (primary N) is 1. The predicted octanol–water partition coefficient (Wildman–Crippen LogP) is 2.83. The molecule has 0 aliphatic carbocycles. The maximum Gasteiger partial charge on any atom is 0.170 e. The van der Waals surface area contributed by atoms with E-state index < -0.39 is 0 Å². The molecule has 0 amide bonds. The first-order valence-electron chi connectivity index (χ1n) is 5.82. The summed E-state index contributed by atoms with van der Waals surface area (Å²) in [6.07, 6.45) is 0. The SMILES string of the molecule is Cc1ccc(CON=C(N)c2ccccc2)cc1. The lowest BCUT2D eigenvalue weighted by Crippen LogP contribution is -2.13. The lowest BCUT2D eigenvalue weighted by molar-refractivity contribution is 0.130. The topological polar surface area (TPSA) is 47.6 Å². The van der Waals surface area contributed by atoms with Crippen LogP contribution in [0.2, 0.25) is 0 Å². The van der Waals surface area contributed by atoms with E-state index in [0.717, 1.165) is 11.1 Å². The first-order valence-corrected chi connectivity index (χ1v) is 5.82. The van der Waals surface area contributed by atoms with Gasteiger partial charge in [-0.15, -0.1) is 0 Å². The number of hydrogen-bond acceptors (Lipinski definition) is 2. The molecule has 0 aliphatic heterocycles. The molecule has 92 valence electrons. The molecular weight excluding hydrogens is 224 g/mol. The van der Waals surface area contributed by atoms with Crippen molar-refractivity contribution in [1.82, 2.24) is 0 Å². The van der Waals surface area contributed by atoms with Gasteiger partial charge in [0.1, 0.15) is 6.61 Å². The third-order valence-corrected chi connectivity index (χ3v) is 2.58. The van der Waals surface area contributed by atoms with Crippen LogP contribution in [0.4, 0.5) is 0 Å². The molecule has 0 aromatic heterocycles. The highest BCUT2D eigenvalue weighted by Crippen LogP contribution is 2.05. The Kier molecular flexibility index (Phi) is 3.97. The average Bonchev–Trinajstić information content (AvgIpc) is 2.42. The van der Waals surface area contributed by atoms with Crippen LogP contribution in [-0.2, 0) is 11.4 Å². The highest BCUT2D eigenvalue weighted by atomic mass is 16.6. The quantitative estimate of drug-likeness (QED) is 0.507. The monoisotopic (exact) mass is 240 g/mol. The Labute approximate surface area is 107 Å². The van der Waals surface area contributed by atoms with Gasteiger partial charge in [0.25, 0.3) is 0 Å². The molecule has 3 heteroatoms. The second-order valence-corrected chi connectivity index (χ2v) is 4.10. The molecule has 2 aromatic rings. The normalized spacial score (nSPS) is 11.3. The average molecular weight is 240 g/mol. The van der Waals surface area contributed by atoms with Crippen LogP contribution in [-0.4, -0.2) is 5.84 Å². The van der Waals surface area contributed by atoms with Crippen molar-refractivity contribution in [3.8, 4) is 0 Å². The van der Waals surface area contributed by atoms with Crippen molar-refractivity contribution in [2.24, 2.45) is 10.9 Å². The Morgan fingerprint density at radius 2 is 1.72 bits per heavy atom. The zero-order valence-corrected chi connectivity index (χ0v) is 10.3. The van der Waals surface area contributed by atoms with Gasteiger partial charge in [-0.05, 0) is 12.5 Å². The molecule has 2 aromatic carbocycles. The summed E-state index contributed by atoms with van der Waals surface area (Å²) in [4.78, 5) is 5.24. The van der Waals surface area contributed by atoms with Gasteiger partial charge in [-0.2, -0.15) is 0 Å². The van der Waals surface area contributed by atoms with Crippen LogP contribution in [0.5, 0.6) is 0 Å². The van der Waals surface area contributed by atoms with Crippen LogP contribution in [0.3, 0.4) is 0 Å². The van der Waals surface area contributed by atoms with Crippen molar-refractivity contribution in [2.75, 3.05) is 0 Å². The fraction of sp³-hybridized carbons (Fsp3) is 0.133. The maximum absolute atomic E-state index is 5.81. The van der Waals surface area contributed by atoms with Gasteiger partial charge < -0.3 is 10.6 Å². The number of amidine groups is 1. The number of aryl methyl sites for hydroxylation is 1. The first-order chi connectivity index (χ1) is 8.75. The van der Waals surface area contributed by atoms with Gasteiger partial charge in [0.15, 0.2) is 5.84 Å². The summed E-state index contributed by atoms with van der Waals surface area (Å²) in [6, 6.07) is 17.7. The Bertz CT molecular complexity index is 518. The largest absolute Gasteiger partial charge is 0.389 e. The summed E-state index contributed by atoms with van der Waals surface area (Å²) < 4.78 is 0. The van der Waals surface area contributed by atoms with E-state index in [1.807, 2.05) is 54.6 Å².